The SMILES string of the molecule is CC1=CCC[C@@]2(C)[C@@H](CC[C@@]2(O)CN(Cc2cccc3ccccc23)C[C@@H](O)COCc2ccccc2)c2ccc(cc2C(=O)c2ccc(-c3ccccc3)cc2)C[C@@H](O)CC1. The molecular weight excluding hydrogens is 767 g/mol. The average Bonchev–Trinajstić information content (AvgIpc) is 3.54. The van der Waals surface area contributed by atoms with Crippen LogP contribution in [0.2, 0.25) is 0 Å². The van der Waals surface area contributed by atoms with Crippen molar-refractivity contribution >= 4 is 16.6 Å². The molecular formula is C56H61NO5. The third kappa shape index (κ3) is 9.86. The van der Waals surface area contributed by atoms with Gasteiger partial charge in [0.05, 0.1) is 31.0 Å². The Morgan fingerprint density at radius 3 is 2.32 bits per heavy atom. The first-order chi connectivity index (χ1) is 30.1. The van der Waals surface area contributed by atoms with Crippen molar-refractivity contribution in [1.29, 1.82) is 0 Å². The van der Waals surface area contributed by atoms with E-state index in [1.54, 1.807) is 0 Å². The number of allylic oxidation sites excluding steroid dienone is 2. The molecule has 9 rings (SSSR count). The molecule has 1 saturated carbocycles. The average molecular weight is 828 g/mol. The van der Waals surface area contributed by atoms with Crippen molar-refractivity contribution < 1.29 is 24.9 Å². The maximum atomic E-state index is 14.8. The molecule has 1 fully saturated rings. The van der Waals surface area contributed by atoms with Crippen LogP contribution in [0.25, 0.3) is 21.9 Å². The number of ketones is 1. The predicted molar refractivity (Wildman–Crippen MR) is 250 cm³/mol. The van der Waals surface area contributed by atoms with Gasteiger partial charge in [-0.05, 0) is 108 Å². The van der Waals surface area contributed by atoms with Crippen LogP contribution in [-0.4, -0.2) is 63.5 Å². The Morgan fingerprint density at radius 1 is 0.823 bits per heavy atom. The van der Waals surface area contributed by atoms with Gasteiger partial charge in [-0.2, -0.15) is 0 Å². The van der Waals surface area contributed by atoms with Crippen LogP contribution >= 0.6 is 0 Å². The van der Waals surface area contributed by atoms with Crippen molar-refractivity contribution in [3.63, 3.8) is 0 Å². The molecule has 0 amide bonds. The van der Waals surface area contributed by atoms with Crippen LogP contribution in [0, 0.1) is 5.41 Å². The van der Waals surface area contributed by atoms with Gasteiger partial charge < -0.3 is 20.1 Å². The highest BCUT2D eigenvalue weighted by Gasteiger charge is 2.57. The molecule has 3 N–H and O–H groups in total. The number of fused-ring (bicyclic) bond motifs is 9. The lowest BCUT2D eigenvalue weighted by Gasteiger charge is -2.46. The van der Waals surface area contributed by atoms with E-state index in [2.05, 4.69) is 91.6 Å². The Labute approximate surface area is 367 Å². The summed E-state index contributed by atoms with van der Waals surface area (Å²) >= 11 is 0. The van der Waals surface area contributed by atoms with Crippen LogP contribution in [0.5, 0.6) is 0 Å². The molecule has 6 aromatic rings. The highest BCUT2D eigenvalue weighted by atomic mass is 16.5. The number of rotatable bonds is 13. The summed E-state index contributed by atoms with van der Waals surface area (Å²) < 4.78 is 6.04. The summed E-state index contributed by atoms with van der Waals surface area (Å²) in [5.41, 5.74) is 6.92. The lowest BCUT2D eigenvalue weighted by molar-refractivity contribution is -0.0922. The Balaban J connectivity index is 1.14. The van der Waals surface area contributed by atoms with E-state index >= 15 is 0 Å². The normalized spacial score (nSPS) is 22.3. The zero-order chi connectivity index (χ0) is 43.1. The summed E-state index contributed by atoms with van der Waals surface area (Å²) in [6, 6.07) is 49.0. The molecule has 0 aliphatic heterocycles. The van der Waals surface area contributed by atoms with E-state index in [1.165, 1.54) is 5.57 Å². The molecule has 0 spiro atoms. The molecule has 62 heavy (non-hydrogen) atoms. The van der Waals surface area contributed by atoms with Crippen LogP contribution in [0.1, 0.15) is 96.5 Å². The van der Waals surface area contributed by atoms with Gasteiger partial charge in [0.2, 0.25) is 0 Å². The van der Waals surface area contributed by atoms with Gasteiger partial charge in [-0.25, -0.2) is 0 Å². The minimum absolute atomic E-state index is 0.0483. The summed E-state index contributed by atoms with van der Waals surface area (Å²) in [6.45, 7) is 6.15. The second kappa shape index (κ2) is 19.5. The molecule has 0 aromatic heterocycles. The fraction of sp³-hybridized carbons (Fsp3) is 0.339. The predicted octanol–water partition coefficient (Wildman–Crippen LogP) is 10.9. The maximum Gasteiger partial charge on any atom is 0.193 e. The summed E-state index contributed by atoms with van der Waals surface area (Å²) in [6.07, 6.45) is 5.59. The highest BCUT2D eigenvalue weighted by molar-refractivity contribution is 6.10. The lowest BCUT2D eigenvalue weighted by Crippen LogP contribution is -2.53. The second-order valence-corrected chi connectivity index (χ2v) is 18.2. The number of carbonyl (C=O) groups excluding carboxylic acids is 1. The number of aliphatic hydroxyl groups excluding tert-OH is 2. The van der Waals surface area contributed by atoms with Crippen LogP contribution < -0.4 is 0 Å². The molecule has 0 unspecified atom stereocenters. The van der Waals surface area contributed by atoms with Crippen LogP contribution in [0.15, 0.2) is 157 Å². The minimum Gasteiger partial charge on any atom is -0.393 e. The van der Waals surface area contributed by atoms with Crippen molar-refractivity contribution in [3.05, 3.63) is 191 Å². The molecule has 3 aliphatic rings. The van der Waals surface area contributed by atoms with Gasteiger partial charge >= 0.3 is 0 Å². The smallest absolute Gasteiger partial charge is 0.193 e. The van der Waals surface area contributed by atoms with Gasteiger partial charge in [0.15, 0.2) is 5.78 Å². The molecule has 2 bridgehead atoms. The van der Waals surface area contributed by atoms with Crippen molar-refractivity contribution in [2.24, 2.45) is 5.41 Å². The van der Waals surface area contributed by atoms with Gasteiger partial charge in [0, 0.05) is 36.2 Å². The lowest BCUT2D eigenvalue weighted by atomic mass is 9.64. The number of ether oxygens (including phenoxy) is 1. The monoisotopic (exact) mass is 827 g/mol. The van der Waals surface area contributed by atoms with E-state index in [1.807, 2.05) is 78.9 Å². The van der Waals surface area contributed by atoms with Crippen molar-refractivity contribution in [2.75, 3.05) is 19.7 Å². The highest BCUT2D eigenvalue weighted by Crippen LogP contribution is 2.59. The van der Waals surface area contributed by atoms with Crippen LogP contribution in [-0.2, 0) is 24.3 Å². The Morgan fingerprint density at radius 2 is 1.53 bits per heavy atom. The number of carbonyl (C=O) groups is 1. The van der Waals surface area contributed by atoms with Crippen molar-refractivity contribution in [2.45, 2.75) is 95.7 Å². The summed E-state index contributed by atoms with van der Waals surface area (Å²) in [7, 11) is 0. The fourth-order valence-corrected chi connectivity index (χ4v) is 10.3. The van der Waals surface area contributed by atoms with E-state index < -0.39 is 23.2 Å². The Kier molecular flexibility index (Phi) is 13.6. The molecule has 0 saturated heterocycles. The quantitative estimate of drug-likeness (QED) is 0.0794. The zero-order valence-electron chi connectivity index (χ0n) is 36.3. The van der Waals surface area contributed by atoms with Crippen LogP contribution in [0.3, 0.4) is 0 Å². The van der Waals surface area contributed by atoms with E-state index in [9.17, 15) is 20.1 Å². The van der Waals surface area contributed by atoms with Crippen molar-refractivity contribution in [1.82, 2.24) is 4.90 Å². The summed E-state index contributed by atoms with van der Waals surface area (Å²) in [5, 5.41) is 38.4. The molecule has 320 valence electrons. The van der Waals surface area contributed by atoms with E-state index in [-0.39, 0.29) is 18.3 Å². The van der Waals surface area contributed by atoms with Gasteiger partial charge in [-0.3, -0.25) is 9.69 Å². The third-order valence-electron chi connectivity index (χ3n) is 13.8. The molecule has 6 aromatic carbocycles. The number of aliphatic hydroxyl groups is 3. The second-order valence-electron chi connectivity index (χ2n) is 18.2. The Bertz CT molecular complexity index is 2460. The van der Waals surface area contributed by atoms with Gasteiger partial charge in [0.25, 0.3) is 0 Å². The Hall–Kier alpha value is -5.21. The molecule has 0 radical (unpaired) electrons. The van der Waals surface area contributed by atoms with Crippen LogP contribution in [0.4, 0.5) is 0 Å². The number of hydrogen-bond acceptors (Lipinski definition) is 6. The molecule has 3 aliphatic carbocycles. The van der Waals surface area contributed by atoms with E-state index in [0.29, 0.717) is 69.5 Å². The van der Waals surface area contributed by atoms with Gasteiger partial charge in [-0.15, -0.1) is 0 Å². The number of hydrogen-bond donors (Lipinski definition) is 3. The van der Waals surface area contributed by atoms with Gasteiger partial charge in [0.1, 0.15) is 0 Å². The number of nitrogens with zero attached hydrogens (tertiary/aromatic N) is 1. The largest absolute Gasteiger partial charge is 0.393 e. The molecule has 0 heterocycles. The first-order valence-electron chi connectivity index (χ1n) is 22.5. The minimum atomic E-state index is -1.15. The van der Waals surface area contributed by atoms with Crippen molar-refractivity contribution in [3.8, 4) is 11.1 Å². The summed E-state index contributed by atoms with van der Waals surface area (Å²) in [4.78, 5) is 17.0. The fourth-order valence-electron chi connectivity index (χ4n) is 10.3. The maximum absolute atomic E-state index is 14.8. The standard InChI is InChI=1S/C56H61NO5/c1-40-13-12-31-55(2)53(51-29-23-42(33-48(58)28-22-40)34-52(51)54(60)46-26-24-44(25-27-46)43-16-7-4-8-17-43)30-32-56(55,61)39-57(35-47-20-11-19-45-18-9-10-21-50(45)47)36-49(59)38-62-37-41-14-5-3-6-15-41/h3-11,13-21,23-27,29,34,48-49,53,58-59,61H,12,22,28,30-33,35-39H2,1-2H3/t48-,49+,53-,55-,56+/m0/s1. The zero-order valence-corrected chi connectivity index (χ0v) is 36.3. The molecule has 5 atom stereocenters. The summed E-state index contributed by atoms with van der Waals surface area (Å²) in [5.74, 6) is -0.169. The van der Waals surface area contributed by atoms with E-state index in [0.717, 1.165) is 57.0 Å². The first-order valence-corrected chi connectivity index (χ1v) is 22.5. The topological polar surface area (TPSA) is 90.2 Å². The third-order valence-corrected chi connectivity index (χ3v) is 13.8. The van der Waals surface area contributed by atoms with E-state index in [4.69, 9.17) is 4.74 Å². The number of benzene rings is 6. The van der Waals surface area contributed by atoms with Gasteiger partial charge in [-0.1, -0.05) is 158 Å². The molecule has 6 heteroatoms. The molecule has 6 nitrogen and oxygen atoms in total. The first kappa shape index (κ1) is 43.4.